The van der Waals surface area contributed by atoms with Crippen LogP contribution in [-0.4, -0.2) is 19.0 Å². The van der Waals surface area contributed by atoms with Crippen LogP contribution in [0.5, 0.6) is 0 Å². The molecule has 4 nitrogen and oxygen atoms in total. The number of para-hydroxylation sites is 3. The molecule has 0 bridgehead atoms. The van der Waals surface area contributed by atoms with Gasteiger partial charge in [0.25, 0.3) is 0 Å². The Hall–Kier alpha value is -2.88. The van der Waals surface area contributed by atoms with Crippen molar-refractivity contribution in [3.63, 3.8) is 0 Å². The van der Waals surface area contributed by atoms with Crippen molar-refractivity contribution in [2.24, 2.45) is 0 Å². The lowest BCUT2D eigenvalue weighted by molar-refractivity contribution is 1.02. The van der Waals surface area contributed by atoms with E-state index < -0.39 is 0 Å². The highest BCUT2D eigenvalue weighted by atomic mass is 15.2. The third-order valence-corrected chi connectivity index (χ3v) is 4.16. The second kappa shape index (κ2) is 3.61. The zero-order chi connectivity index (χ0) is 14.0. The molecule has 0 aliphatic heterocycles. The van der Waals surface area contributed by atoms with E-state index in [4.69, 9.17) is 0 Å². The van der Waals surface area contributed by atoms with E-state index in [-0.39, 0.29) is 0 Å². The fraction of sp³-hybridized carbons (Fsp3) is 0.0588. The van der Waals surface area contributed by atoms with Crippen LogP contribution in [0.15, 0.2) is 54.7 Å². The van der Waals surface area contributed by atoms with Gasteiger partial charge in [-0.15, -0.1) is 10.2 Å². The molecule has 0 radical (unpaired) electrons. The maximum atomic E-state index is 4.42. The maximum Gasteiger partial charge on any atom is 0.170 e. The maximum absolute atomic E-state index is 4.42. The quantitative estimate of drug-likeness (QED) is 0.431. The van der Waals surface area contributed by atoms with Gasteiger partial charge in [0.05, 0.1) is 16.6 Å². The molecule has 0 fully saturated rings. The first kappa shape index (κ1) is 10.9. The zero-order valence-corrected chi connectivity index (χ0v) is 11.5. The number of rotatable bonds is 0. The largest absolute Gasteiger partial charge is 0.314 e. The fourth-order valence-corrected chi connectivity index (χ4v) is 3.26. The molecule has 3 heterocycles. The fourth-order valence-electron chi connectivity index (χ4n) is 3.26. The molecule has 0 saturated heterocycles. The summed E-state index contributed by atoms with van der Waals surface area (Å²) < 4.78 is 4.38. The predicted octanol–water partition coefficient (Wildman–Crippen LogP) is 3.60. The molecule has 5 aromatic rings. The average molecular weight is 272 g/mol. The molecule has 21 heavy (non-hydrogen) atoms. The van der Waals surface area contributed by atoms with Crippen LogP contribution in [0.1, 0.15) is 5.82 Å². The summed E-state index contributed by atoms with van der Waals surface area (Å²) in [5.74, 6) is 0.903. The Kier molecular flexibility index (Phi) is 1.86. The van der Waals surface area contributed by atoms with Gasteiger partial charge < -0.3 is 4.40 Å². The van der Waals surface area contributed by atoms with Crippen LogP contribution in [0.25, 0.3) is 33.0 Å². The minimum atomic E-state index is 0.903. The Balaban J connectivity index is 2.34. The molecule has 0 unspecified atom stereocenters. The molecule has 5 rings (SSSR count). The van der Waals surface area contributed by atoms with E-state index in [1.165, 1.54) is 10.9 Å². The van der Waals surface area contributed by atoms with Crippen LogP contribution in [0.2, 0.25) is 0 Å². The van der Waals surface area contributed by atoms with Gasteiger partial charge in [-0.05, 0) is 31.2 Å². The molecule has 2 aromatic carbocycles. The smallest absolute Gasteiger partial charge is 0.170 e. The van der Waals surface area contributed by atoms with E-state index >= 15 is 0 Å². The Morgan fingerprint density at radius 2 is 1.71 bits per heavy atom. The van der Waals surface area contributed by atoms with Gasteiger partial charge in [0.2, 0.25) is 0 Å². The lowest BCUT2D eigenvalue weighted by Gasteiger charge is -1.99. The Labute approximate surface area is 120 Å². The number of fused-ring (bicyclic) bond motifs is 5. The molecule has 4 heteroatoms. The Bertz CT molecular complexity index is 1150. The summed E-state index contributed by atoms with van der Waals surface area (Å²) >= 11 is 0. The molecule has 0 saturated carbocycles. The summed E-state index contributed by atoms with van der Waals surface area (Å²) in [6.45, 7) is 1.99. The number of hydrogen-bond acceptors (Lipinski definition) is 2. The van der Waals surface area contributed by atoms with Crippen molar-refractivity contribution in [2.75, 3.05) is 0 Å². The molecule has 100 valence electrons. The molecule has 3 aromatic heterocycles. The molecule has 0 aliphatic carbocycles. The van der Waals surface area contributed by atoms with E-state index in [9.17, 15) is 0 Å². The Morgan fingerprint density at radius 3 is 2.62 bits per heavy atom. The van der Waals surface area contributed by atoms with Gasteiger partial charge in [0.1, 0.15) is 5.82 Å². The summed E-state index contributed by atoms with van der Waals surface area (Å²) in [5.41, 5.74) is 4.37. The highest BCUT2D eigenvalue weighted by molar-refractivity contribution is 6.05. The summed E-state index contributed by atoms with van der Waals surface area (Å²) in [5, 5.41) is 11.0. The van der Waals surface area contributed by atoms with E-state index in [0.29, 0.717) is 0 Å². The van der Waals surface area contributed by atoms with Crippen molar-refractivity contribution in [3.8, 4) is 0 Å². The van der Waals surface area contributed by atoms with E-state index in [2.05, 4.69) is 73.7 Å². The molecule has 0 N–H and O–H groups in total. The number of hydrogen-bond donors (Lipinski definition) is 0. The van der Waals surface area contributed by atoms with Crippen LogP contribution < -0.4 is 0 Å². The van der Waals surface area contributed by atoms with Crippen LogP contribution in [0, 0.1) is 6.92 Å². The zero-order valence-electron chi connectivity index (χ0n) is 11.5. The lowest BCUT2D eigenvalue weighted by Crippen LogP contribution is -1.89. The minimum absolute atomic E-state index is 0.903. The average Bonchev–Trinajstić information content (AvgIpc) is 3.07. The number of aryl methyl sites for hydroxylation is 1. The number of benzene rings is 2. The van der Waals surface area contributed by atoms with Gasteiger partial charge in [-0.25, -0.2) is 0 Å². The van der Waals surface area contributed by atoms with Crippen LogP contribution in [0.4, 0.5) is 0 Å². The van der Waals surface area contributed by atoms with E-state index in [1.807, 2.05) is 6.92 Å². The lowest BCUT2D eigenvalue weighted by atomic mass is 10.2. The second-order valence-electron chi connectivity index (χ2n) is 5.32. The summed E-state index contributed by atoms with van der Waals surface area (Å²) in [7, 11) is 0. The highest BCUT2D eigenvalue weighted by Gasteiger charge is 2.12. The normalized spacial score (nSPS) is 12.0. The number of nitrogens with zero attached hydrogens (tertiary/aromatic N) is 4. The summed E-state index contributed by atoms with van der Waals surface area (Å²) in [4.78, 5) is 0. The summed E-state index contributed by atoms with van der Waals surface area (Å²) in [6, 6.07) is 16.9. The van der Waals surface area contributed by atoms with E-state index in [1.54, 1.807) is 0 Å². The van der Waals surface area contributed by atoms with Gasteiger partial charge in [0.15, 0.2) is 5.65 Å². The number of aromatic nitrogens is 4. The van der Waals surface area contributed by atoms with Crippen LogP contribution >= 0.6 is 0 Å². The van der Waals surface area contributed by atoms with E-state index in [0.717, 1.165) is 27.9 Å². The molecular weight excluding hydrogens is 260 g/mol. The van der Waals surface area contributed by atoms with Crippen LogP contribution in [0.3, 0.4) is 0 Å². The highest BCUT2D eigenvalue weighted by Crippen LogP contribution is 2.28. The van der Waals surface area contributed by atoms with Crippen molar-refractivity contribution in [1.82, 2.24) is 19.0 Å². The SMILES string of the molecule is Cc1nnc2c3cccc4ccn(c5ccccc5n12)c43. The molecule has 0 spiro atoms. The minimum Gasteiger partial charge on any atom is -0.314 e. The van der Waals surface area contributed by atoms with Gasteiger partial charge >= 0.3 is 0 Å². The topological polar surface area (TPSA) is 34.6 Å². The molecular formula is C17H12N4. The van der Waals surface area contributed by atoms with Crippen molar-refractivity contribution < 1.29 is 0 Å². The first-order valence-electron chi connectivity index (χ1n) is 6.97. The standard InChI is InChI=1S/C17H12N4/c1-11-18-19-17-13-6-4-5-12-9-10-20(16(12)13)14-7-2-3-8-15(14)21(11)17/h2-10H,1H3. The van der Waals surface area contributed by atoms with Gasteiger partial charge in [-0.2, -0.15) is 0 Å². The first-order chi connectivity index (χ1) is 10.3. The van der Waals surface area contributed by atoms with Gasteiger partial charge in [0, 0.05) is 17.0 Å². The van der Waals surface area contributed by atoms with Gasteiger partial charge in [-0.3, -0.25) is 4.40 Å². The summed E-state index contributed by atoms with van der Waals surface area (Å²) in [6.07, 6.45) is 2.13. The Morgan fingerprint density at radius 1 is 0.857 bits per heavy atom. The third-order valence-electron chi connectivity index (χ3n) is 4.16. The molecule has 0 aliphatic rings. The predicted molar refractivity (Wildman–Crippen MR) is 83.7 cm³/mol. The van der Waals surface area contributed by atoms with Crippen molar-refractivity contribution in [3.05, 3.63) is 60.6 Å². The van der Waals surface area contributed by atoms with Crippen molar-refractivity contribution in [2.45, 2.75) is 6.92 Å². The van der Waals surface area contributed by atoms with Crippen molar-refractivity contribution in [1.29, 1.82) is 0 Å². The molecule has 0 amide bonds. The van der Waals surface area contributed by atoms with Gasteiger partial charge in [-0.1, -0.05) is 24.3 Å². The monoisotopic (exact) mass is 272 g/mol. The molecule has 0 atom stereocenters. The van der Waals surface area contributed by atoms with Crippen LogP contribution in [-0.2, 0) is 0 Å². The first-order valence-corrected chi connectivity index (χ1v) is 6.97. The third kappa shape index (κ3) is 1.24. The second-order valence-corrected chi connectivity index (χ2v) is 5.32. The van der Waals surface area contributed by atoms with Crippen molar-refractivity contribution >= 4 is 33.0 Å².